The summed E-state index contributed by atoms with van der Waals surface area (Å²) in [6.07, 6.45) is 0. The van der Waals surface area contributed by atoms with Crippen molar-refractivity contribution in [3.63, 3.8) is 0 Å². The molecule has 1 heterocycles. The summed E-state index contributed by atoms with van der Waals surface area (Å²) >= 11 is 0. The van der Waals surface area contributed by atoms with Gasteiger partial charge in [0.25, 0.3) is 0 Å². The Hall–Kier alpha value is -1.51. The Morgan fingerprint density at radius 2 is 2.09 bits per heavy atom. The topological polar surface area (TPSA) is 41.8 Å². The van der Waals surface area contributed by atoms with Crippen LogP contribution in [0, 0.1) is 5.82 Å². The van der Waals surface area contributed by atoms with Gasteiger partial charge in [-0.05, 0) is 24.3 Å². The molecular weight excluding hydrogens is 143 g/mol. The third kappa shape index (κ3) is 0.941. The fourth-order valence-corrected chi connectivity index (χ4v) is 1.12. The third-order valence-electron chi connectivity index (χ3n) is 1.61. The van der Waals surface area contributed by atoms with Gasteiger partial charge < -0.3 is 10.7 Å². The van der Waals surface area contributed by atoms with Crippen LogP contribution < -0.4 is 5.73 Å². The highest BCUT2D eigenvalue weighted by atomic mass is 19.1. The molecule has 56 valence electrons. The van der Waals surface area contributed by atoms with E-state index in [0.29, 0.717) is 5.82 Å². The van der Waals surface area contributed by atoms with E-state index in [-0.39, 0.29) is 5.82 Å². The van der Waals surface area contributed by atoms with Crippen LogP contribution in [0.15, 0.2) is 24.3 Å². The van der Waals surface area contributed by atoms with Crippen molar-refractivity contribution < 1.29 is 4.39 Å². The molecule has 0 radical (unpaired) electrons. The zero-order valence-electron chi connectivity index (χ0n) is 5.76. The number of anilines is 1. The molecule has 0 aliphatic heterocycles. The lowest BCUT2D eigenvalue weighted by molar-refractivity contribution is 0.629. The van der Waals surface area contributed by atoms with Crippen LogP contribution in [0.4, 0.5) is 10.2 Å². The van der Waals surface area contributed by atoms with Crippen molar-refractivity contribution in [2.75, 3.05) is 5.73 Å². The molecule has 0 amide bonds. The molecule has 0 aliphatic carbocycles. The number of hydrogen-bond donors (Lipinski definition) is 2. The Morgan fingerprint density at radius 3 is 2.91 bits per heavy atom. The van der Waals surface area contributed by atoms with Crippen LogP contribution in [0.3, 0.4) is 0 Å². The van der Waals surface area contributed by atoms with Gasteiger partial charge >= 0.3 is 0 Å². The van der Waals surface area contributed by atoms with Crippen LogP contribution in [0.5, 0.6) is 0 Å². The van der Waals surface area contributed by atoms with E-state index in [9.17, 15) is 4.39 Å². The van der Waals surface area contributed by atoms with Gasteiger partial charge in [0, 0.05) is 10.9 Å². The van der Waals surface area contributed by atoms with E-state index in [2.05, 4.69) is 4.98 Å². The van der Waals surface area contributed by atoms with Crippen LogP contribution in [0.2, 0.25) is 0 Å². The Kier molecular flexibility index (Phi) is 1.12. The lowest BCUT2D eigenvalue weighted by Crippen LogP contribution is -1.80. The molecule has 0 bridgehead atoms. The van der Waals surface area contributed by atoms with Crippen molar-refractivity contribution >= 4 is 16.7 Å². The Balaban J connectivity index is 2.82. The third-order valence-corrected chi connectivity index (χ3v) is 1.61. The molecule has 2 aromatic rings. The van der Waals surface area contributed by atoms with Crippen LogP contribution in [-0.2, 0) is 0 Å². The molecule has 3 N–H and O–H groups in total. The van der Waals surface area contributed by atoms with E-state index in [1.54, 1.807) is 12.1 Å². The maximum Gasteiger partial charge on any atom is 0.125 e. The number of H-pyrrole nitrogens is 1. The summed E-state index contributed by atoms with van der Waals surface area (Å²) in [4.78, 5) is 2.84. The zero-order chi connectivity index (χ0) is 7.84. The van der Waals surface area contributed by atoms with Gasteiger partial charge in [-0.15, -0.1) is 0 Å². The smallest absolute Gasteiger partial charge is 0.125 e. The van der Waals surface area contributed by atoms with E-state index in [1.165, 1.54) is 12.1 Å². The Labute approximate surface area is 62.8 Å². The maximum absolute atomic E-state index is 12.6. The lowest BCUT2D eigenvalue weighted by Gasteiger charge is -1.87. The van der Waals surface area contributed by atoms with Crippen molar-refractivity contribution in [2.45, 2.75) is 0 Å². The summed E-state index contributed by atoms with van der Waals surface area (Å²) < 4.78 is 12.6. The Morgan fingerprint density at radius 1 is 1.27 bits per heavy atom. The van der Waals surface area contributed by atoms with Crippen LogP contribution in [-0.4, -0.2) is 4.98 Å². The monoisotopic (exact) mass is 150 g/mol. The van der Waals surface area contributed by atoms with Gasteiger partial charge in [0.2, 0.25) is 0 Å². The molecule has 0 spiro atoms. The molecule has 2 nitrogen and oxygen atoms in total. The van der Waals surface area contributed by atoms with E-state index >= 15 is 0 Å². The number of halogens is 1. The van der Waals surface area contributed by atoms with Crippen molar-refractivity contribution in [1.82, 2.24) is 4.98 Å². The number of aromatic amines is 1. The highest BCUT2D eigenvalue weighted by molar-refractivity contribution is 5.83. The molecule has 0 saturated carbocycles. The molecule has 1 aromatic heterocycles. The average Bonchev–Trinajstić information content (AvgIpc) is 2.27. The first-order chi connectivity index (χ1) is 5.25. The SMILES string of the molecule is Nc1cc2ccc(F)cc2[nH]1. The molecule has 11 heavy (non-hydrogen) atoms. The molecule has 0 unspecified atom stereocenters. The van der Waals surface area contributed by atoms with E-state index in [4.69, 9.17) is 5.73 Å². The summed E-state index contributed by atoms with van der Waals surface area (Å²) in [6.45, 7) is 0. The van der Waals surface area contributed by atoms with Gasteiger partial charge in [0.05, 0.1) is 0 Å². The van der Waals surface area contributed by atoms with Crippen molar-refractivity contribution in [3.05, 3.63) is 30.1 Å². The van der Waals surface area contributed by atoms with Crippen molar-refractivity contribution in [3.8, 4) is 0 Å². The zero-order valence-corrected chi connectivity index (χ0v) is 5.76. The van der Waals surface area contributed by atoms with E-state index in [0.717, 1.165) is 10.9 Å². The molecular formula is C8H7FN2. The standard InChI is InChI=1S/C8H7FN2/c9-6-2-1-5-3-8(10)11-7(5)4-6/h1-4,11H,10H2. The molecule has 0 saturated heterocycles. The first-order valence-corrected chi connectivity index (χ1v) is 3.29. The quantitative estimate of drug-likeness (QED) is 0.591. The molecule has 1 aromatic carbocycles. The normalized spacial score (nSPS) is 10.6. The number of nitrogen functional groups attached to an aromatic ring is 1. The largest absolute Gasteiger partial charge is 0.385 e. The number of rotatable bonds is 0. The van der Waals surface area contributed by atoms with Gasteiger partial charge in [-0.1, -0.05) is 0 Å². The Bertz CT molecular complexity index is 392. The summed E-state index contributed by atoms with van der Waals surface area (Å²) in [6, 6.07) is 6.30. The van der Waals surface area contributed by atoms with E-state index < -0.39 is 0 Å². The molecule has 2 rings (SSSR count). The van der Waals surface area contributed by atoms with Crippen LogP contribution in [0.1, 0.15) is 0 Å². The summed E-state index contributed by atoms with van der Waals surface area (Å²) in [7, 11) is 0. The highest BCUT2D eigenvalue weighted by Gasteiger charge is 1.97. The number of nitrogens with one attached hydrogen (secondary N) is 1. The first-order valence-electron chi connectivity index (χ1n) is 3.29. The van der Waals surface area contributed by atoms with Gasteiger partial charge in [0.1, 0.15) is 11.6 Å². The predicted octanol–water partition coefficient (Wildman–Crippen LogP) is 1.89. The number of aromatic nitrogens is 1. The van der Waals surface area contributed by atoms with Gasteiger partial charge in [-0.25, -0.2) is 4.39 Å². The minimum Gasteiger partial charge on any atom is -0.385 e. The second-order valence-corrected chi connectivity index (χ2v) is 2.46. The molecule has 0 aliphatic rings. The number of benzene rings is 1. The highest BCUT2D eigenvalue weighted by Crippen LogP contribution is 2.16. The average molecular weight is 150 g/mol. The summed E-state index contributed by atoms with van der Waals surface area (Å²) in [5, 5.41) is 0.934. The van der Waals surface area contributed by atoms with Crippen molar-refractivity contribution in [1.29, 1.82) is 0 Å². The number of nitrogens with two attached hydrogens (primary N) is 1. The summed E-state index contributed by atoms with van der Waals surface area (Å²) in [5.74, 6) is 0.310. The predicted molar refractivity (Wildman–Crippen MR) is 42.7 cm³/mol. The first kappa shape index (κ1) is 6.22. The van der Waals surface area contributed by atoms with Gasteiger partial charge in [0.15, 0.2) is 0 Å². The molecule has 3 heteroatoms. The lowest BCUT2D eigenvalue weighted by atomic mass is 10.2. The fraction of sp³-hybridized carbons (Fsp3) is 0. The minimum atomic E-state index is -0.251. The fourth-order valence-electron chi connectivity index (χ4n) is 1.12. The van der Waals surface area contributed by atoms with Gasteiger partial charge in [-0.2, -0.15) is 0 Å². The molecule has 0 atom stereocenters. The second-order valence-electron chi connectivity index (χ2n) is 2.46. The summed E-state index contributed by atoms with van der Waals surface area (Å²) in [5.41, 5.74) is 6.20. The van der Waals surface area contributed by atoms with Gasteiger partial charge in [-0.3, -0.25) is 0 Å². The van der Waals surface area contributed by atoms with Crippen LogP contribution in [0.25, 0.3) is 10.9 Å². The van der Waals surface area contributed by atoms with Crippen molar-refractivity contribution in [2.24, 2.45) is 0 Å². The van der Waals surface area contributed by atoms with E-state index in [1.807, 2.05) is 0 Å². The molecule has 0 fully saturated rings. The maximum atomic E-state index is 12.6. The second kappa shape index (κ2) is 1.99. The minimum absolute atomic E-state index is 0.251. The number of fused-ring (bicyclic) bond motifs is 1. The number of hydrogen-bond acceptors (Lipinski definition) is 1. The van der Waals surface area contributed by atoms with Crippen LogP contribution >= 0.6 is 0 Å².